The van der Waals surface area contributed by atoms with Crippen LogP contribution in [0.3, 0.4) is 0 Å². The number of nitrogens with two attached hydrogens (primary N) is 1. The van der Waals surface area contributed by atoms with E-state index >= 15 is 0 Å². The highest BCUT2D eigenvalue weighted by Gasteiger charge is 2.22. The summed E-state index contributed by atoms with van der Waals surface area (Å²) in [6.07, 6.45) is 7.39. The van der Waals surface area contributed by atoms with E-state index in [0.717, 1.165) is 52.9 Å². The van der Waals surface area contributed by atoms with E-state index in [0.29, 0.717) is 24.1 Å². The van der Waals surface area contributed by atoms with Crippen LogP contribution in [0.25, 0.3) is 22.5 Å². The molecule has 33 heavy (non-hydrogen) atoms. The SMILES string of the molecule is CC(=O)N1CCC(NCc2nc3c(-c4cnn(-c5ccccc5)c4)cnn3c(N)c2Br)CC1. The van der Waals surface area contributed by atoms with Crippen LogP contribution in [0.15, 0.2) is 53.4 Å². The van der Waals surface area contributed by atoms with Crippen molar-refractivity contribution in [3.05, 3.63) is 59.1 Å². The molecule has 0 saturated carbocycles. The van der Waals surface area contributed by atoms with Crippen molar-refractivity contribution in [2.45, 2.75) is 32.4 Å². The summed E-state index contributed by atoms with van der Waals surface area (Å²) >= 11 is 3.60. The normalized spacial score (nSPS) is 14.8. The summed E-state index contributed by atoms with van der Waals surface area (Å²) in [5.74, 6) is 0.643. The molecule has 170 valence electrons. The Balaban J connectivity index is 1.39. The number of anilines is 1. The predicted molar refractivity (Wildman–Crippen MR) is 130 cm³/mol. The molecular formula is C23H25BrN8O. The van der Waals surface area contributed by atoms with Crippen LogP contribution in [-0.2, 0) is 11.3 Å². The standard InChI is InChI=1S/C23H25BrN8O/c1-15(33)30-9-7-17(8-10-30)26-13-20-21(24)22(25)32-23(29-20)19(12-28-32)16-11-27-31(14-16)18-5-3-2-4-6-18/h2-6,11-12,14,17,26H,7-10,13,25H2,1H3. The van der Waals surface area contributed by atoms with Crippen molar-refractivity contribution in [2.75, 3.05) is 18.8 Å². The van der Waals surface area contributed by atoms with Crippen LogP contribution in [0, 0.1) is 0 Å². The Morgan fingerprint density at radius 2 is 1.94 bits per heavy atom. The smallest absolute Gasteiger partial charge is 0.219 e. The van der Waals surface area contributed by atoms with Gasteiger partial charge in [0.15, 0.2) is 5.65 Å². The quantitative estimate of drug-likeness (QED) is 0.429. The number of rotatable bonds is 5. The molecule has 0 bridgehead atoms. The molecule has 4 heterocycles. The van der Waals surface area contributed by atoms with E-state index in [2.05, 4.69) is 31.4 Å². The number of piperidine rings is 1. The molecule has 4 aromatic rings. The van der Waals surface area contributed by atoms with Crippen LogP contribution in [0.5, 0.6) is 0 Å². The number of nitrogens with one attached hydrogen (secondary N) is 1. The summed E-state index contributed by atoms with van der Waals surface area (Å²) in [6, 6.07) is 10.3. The van der Waals surface area contributed by atoms with Crippen LogP contribution >= 0.6 is 15.9 Å². The number of carbonyl (C=O) groups excluding carboxylic acids is 1. The minimum absolute atomic E-state index is 0.139. The molecule has 9 nitrogen and oxygen atoms in total. The van der Waals surface area contributed by atoms with Gasteiger partial charge in [-0.2, -0.15) is 14.7 Å². The van der Waals surface area contributed by atoms with Gasteiger partial charge < -0.3 is 16.0 Å². The molecule has 3 aromatic heterocycles. The Morgan fingerprint density at radius 3 is 2.67 bits per heavy atom. The second-order valence-corrected chi connectivity index (χ2v) is 9.01. The van der Waals surface area contributed by atoms with Crippen LogP contribution in [0.1, 0.15) is 25.5 Å². The van der Waals surface area contributed by atoms with Gasteiger partial charge >= 0.3 is 0 Å². The summed E-state index contributed by atoms with van der Waals surface area (Å²) in [5, 5.41) is 12.5. The second kappa shape index (κ2) is 8.95. The Labute approximate surface area is 199 Å². The lowest BCUT2D eigenvalue weighted by atomic mass is 10.0. The number of para-hydroxylation sites is 1. The topological polar surface area (TPSA) is 106 Å². The molecule has 10 heteroatoms. The maximum atomic E-state index is 11.6. The fourth-order valence-corrected chi connectivity index (χ4v) is 4.58. The van der Waals surface area contributed by atoms with Crippen LogP contribution in [-0.4, -0.2) is 54.3 Å². The van der Waals surface area contributed by atoms with E-state index in [1.807, 2.05) is 52.3 Å². The first-order valence-corrected chi connectivity index (χ1v) is 11.7. The van der Waals surface area contributed by atoms with E-state index in [4.69, 9.17) is 10.7 Å². The van der Waals surface area contributed by atoms with Gasteiger partial charge in [0.25, 0.3) is 0 Å². The summed E-state index contributed by atoms with van der Waals surface area (Å²) in [7, 11) is 0. The van der Waals surface area contributed by atoms with E-state index in [-0.39, 0.29) is 5.91 Å². The lowest BCUT2D eigenvalue weighted by molar-refractivity contribution is -0.129. The van der Waals surface area contributed by atoms with Gasteiger partial charge in [0.05, 0.1) is 28.2 Å². The average Bonchev–Trinajstić information content (AvgIpc) is 3.48. The van der Waals surface area contributed by atoms with Gasteiger partial charge in [0.1, 0.15) is 5.82 Å². The Morgan fingerprint density at radius 1 is 1.18 bits per heavy atom. The minimum atomic E-state index is 0.139. The number of nitrogen functional groups attached to an aromatic ring is 1. The van der Waals surface area contributed by atoms with E-state index in [1.165, 1.54) is 0 Å². The van der Waals surface area contributed by atoms with Crippen LogP contribution < -0.4 is 11.1 Å². The maximum Gasteiger partial charge on any atom is 0.219 e. The predicted octanol–water partition coefficient (Wildman–Crippen LogP) is 3.03. The van der Waals surface area contributed by atoms with Crippen molar-refractivity contribution < 1.29 is 4.79 Å². The molecule has 0 spiro atoms. The molecular weight excluding hydrogens is 484 g/mol. The van der Waals surface area contributed by atoms with Gasteiger partial charge in [-0.15, -0.1) is 0 Å². The second-order valence-electron chi connectivity index (χ2n) is 8.22. The fraction of sp³-hybridized carbons (Fsp3) is 0.304. The number of fused-ring (bicyclic) bond motifs is 1. The molecule has 0 unspecified atom stereocenters. The van der Waals surface area contributed by atoms with Crippen LogP contribution in [0.2, 0.25) is 0 Å². The number of halogens is 1. The van der Waals surface area contributed by atoms with Crippen molar-refractivity contribution in [1.82, 2.24) is 34.6 Å². The third-order valence-electron chi connectivity index (χ3n) is 6.10. The number of likely N-dealkylation sites (tertiary alicyclic amines) is 1. The zero-order valence-corrected chi connectivity index (χ0v) is 19.9. The van der Waals surface area contributed by atoms with E-state index < -0.39 is 0 Å². The van der Waals surface area contributed by atoms with E-state index in [1.54, 1.807) is 17.6 Å². The highest BCUT2D eigenvalue weighted by atomic mass is 79.9. The van der Waals surface area contributed by atoms with Gasteiger partial charge in [-0.3, -0.25) is 4.79 Å². The number of carbonyl (C=O) groups is 1. The first-order valence-electron chi connectivity index (χ1n) is 10.9. The van der Waals surface area contributed by atoms with Gasteiger partial charge in [-0.1, -0.05) is 18.2 Å². The van der Waals surface area contributed by atoms with Gasteiger partial charge in [-0.05, 0) is 40.9 Å². The first-order chi connectivity index (χ1) is 16.0. The Hall–Kier alpha value is -3.24. The molecule has 1 amide bonds. The molecule has 0 radical (unpaired) electrons. The Kier molecular flexibility index (Phi) is 5.86. The molecule has 1 aliphatic heterocycles. The number of hydrogen-bond acceptors (Lipinski definition) is 6. The fourth-order valence-electron chi connectivity index (χ4n) is 4.19. The van der Waals surface area contributed by atoms with Crippen molar-refractivity contribution in [2.24, 2.45) is 0 Å². The van der Waals surface area contributed by atoms with Crippen molar-refractivity contribution in [1.29, 1.82) is 0 Å². The molecule has 1 aromatic carbocycles. The number of nitrogens with zero attached hydrogens (tertiary/aromatic N) is 6. The number of hydrogen-bond donors (Lipinski definition) is 2. The summed E-state index contributed by atoms with van der Waals surface area (Å²) in [6.45, 7) is 3.75. The number of amides is 1. The molecule has 1 aliphatic rings. The summed E-state index contributed by atoms with van der Waals surface area (Å²) < 4.78 is 4.21. The zero-order valence-electron chi connectivity index (χ0n) is 18.3. The molecule has 1 fully saturated rings. The van der Waals surface area contributed by atoms with Crippen molar-refractivity contribution >= 4 is 33.3 Å². The summed E-state index contributed by atoms with van der Waals surface area (Å²) in [5.41, 5.74) is 10.7. The lowest BCUT2D eigenvalue weighted by Gasteiger charge is -2.31. The Bertz CT molecular complexity index is 1290. The van der Waals surface area contributed by atoms with Crippen LogP contribution in [0.4, 0.5) is 5.82 Å². The summed E-state index contributed by atoms with van der Waals surface area (Å²) in [4.78, 5) is 18.3. The molecule has 5 rings (SSSR count). The van der Waals surface area contributed by atoms with Crippen molar-refractivity contribution in [3.63, 3.8) is 0 Å². The number of aromatic nitrogens is 5. The van der Waals surface area contributed by atoms with Crippen molar-refractivity contribution in [3.8, 4) is 16.8 Å². The monoisotopic (exact) mass is 508 g/mol. The average molecular weight is 509 g/mol. The lowest BCUT2D eigenvalue weighted by Crippen LogP contribution is -2.44. The molecule has 1 saturated heterocycles. The highest BCUT2D eigenvalue weighted by molar-refractivity contribution is 9.10. The number of benzene rings is 1. The molecule has 3 N–H and O–H groups in total. The van der Waals surface area contributed by atoms with E-state index in [9.17, 15) is 4.79 Å². The zero-order chi connectivity index (χ0) is 22.9. The first kappa shape index (κ1) is 21.6. The minimum Gasteiger partial charge on any atom is -0.383 e. The van der Waals surface area contributed by atoms with Gasteiger partial charge in [0, 0.05) is 49.9 Å². The highest BCUT2D eigenvalue weighted by Crippen LogP contribution is 2.30. The van der Waals surface area contributed by atoms with Gasteiger partial charge in [0.2, 0.25) is 5.91 Å². The largest absolute Gasteiger partial charge is 0.383 e. The molecule has 0 atom stereocenters. The molecule has 0 aliphatic carbocycles. The van der Waals surface area contributed by atoms with Gasteiger partial charge in [-0.25, -0.2) is 9.67 Å². The third-order valence-corrected chi connectivity index (χ3v) is 6.97. The third kappa shape index (κ3) is 4.23. The maximum absolute atomic E-state index is 11.6.